The molecular formula is C7H7N3O. The van der Waals surface area contributed by atoms with Gasteiger partial charge in [0.05, 0.1) is 23.5 Å². The number of carbonyl (C=O) groups excluding carboxylic acids is 1. The predicted molar refractivity (Wildman–Crippen MR) is 37.9 cm³/mol. The van der Waals surface area contributed by atoms with Crippen molar-refractivity contribution in [2.75, 3.05) is 0 Å². The van der Waals surface area contributed by atoms with E-state index in [4.69, 9.17) is 0 Å². The van der Waals surface area contributed by atoms with E-state index >= 15 is 0 Å². The Balaban J connectivity index is 2.68. The van der Waals surface area contributed by atoms with Gasteiger partial charge in [-0.3, -0.25) is 4.79 Å². The molecule has 0 radical (unpaired) electrons. The molecule has 1 aromatic rings. The van der Waals surface area contributed by atoms with E-state index < -0.39 is 0 Å². The third-order valence-corrected chi connectivity index (χ3v) is 1.76. The summed E-state index contributed by atoms with van der Waals surface area (Å²) in [5.74, 6) is -0.0573. The van der Waals surface area contributed by atoms with Crippen molar-refractivity contribution in [3.05, 3.63) is 23.3 Å². The average Bonchev–Trinajstić information content (AvgIpc) is 2.34. The van der Waals surface area contributed by atoms with Gasteiger partial charge < -0.3 is 5.32 Å². The number of rotatable bonds is 0. The van der Waals surface area contributed by atoms with Gasteiger partial charge >= 0.3 is 0 Å². The normalized spacial score (nSPS) is 14.5. The van der Waals surface area contributed by atoms with Gasteiger partial charge in [-0.05, 0) is 6.92 Å². The molecule has 0 bridgehead atoms. The molecule has 4 nitrogen and oxygen atoms in total. The van der Waals surface area contributed by atoms with Crippen LogP contribution >= 0.6 is 0 Å². The maximum Gasteiger partial charge on any atom is 0.255 e. The van der Waals surface area contributed by atoms with E-state index in [0.717, 1.165) is 11.4 Å². The molecule has 2 rings (SSSR count). The molecular weight excluding hydrogens is 142 g/mol. The van der Waals surface area contributed by atoms with E-state index in [-0.39, 0.29) is 5.91 Å². The van der Waals surface area contributed by atoms with Crippen LogP contribution in [0, 0.1) is 6.92 Å². The molecule has 1 aliphatic heterocycles. The number of nitrogens with one attached hydrogen (secondary N) is 1. The molecule has 2 heterocycles. The second-order valence-corrected chi connectivity index (χ2v) is 2.46. The number of hydrogen-bond acceptors (Lipinski definition) is 3. The van der Waals surface area contributed by atoms with Gasteiger partial charge in [0.1, 0.15) is 6.33 Å². The number of carbonyl (C=O) groups is 1. The molecule has 1 aromatic heterocycles. The predicted octanol–water partition coefficient (Wildman–Crippen LogP) is 0.0284. The van der Waals surface area contributed by atoms with Crippen LogP contribution in [0.1, 0.15) is 21.7 Å². The smallest absolute Gasteiger partial charge is 0.255 e. The zero-order valence-corrected chi connectivity index (χ0v) is 6.09. The van der Waals surface area contributed by atoms with Crippen LogP contribution in [0.2, 0.25) is 0 Å². The van der Waals surface area contributed by atoms with Gasteiger partial charge in [0.25, 0.3) is 5.91 Å². The van der Waals surface area contributed by atoms with Crippen molar-refractivity contribution in [1.82, 2.24) is 15.3 Å². The fraction of sp³-hybridized carbons (Fsp3) is 0.286. The lowest BCUT2D eigenvalue weighted by Crippen LogP contribution is -2.13. The quantitative estimate of drug-likeness (QED) is 0.566. The zero-order valence-electron chi connectivity index (χ0n) is 6.09. The number of nitrogens with zero attached hydrogens (tertiary/aromatic N) is 2. The first-order valence-electron chi connectivity index (χ1n) is 3.37. The van der Waals surface area contributed by atoms with Crippen molar-refractivity contribution in [2.45, 2.75) is 13.5 Å². The third-order valence-electron chi connectivity index (χ3n) is 1.76. The van der Waals surface area contributed by atoms with E-state index in [9.17, 15) is 4.79 Å². The molecule has 0 saturated carbocycles. The van der Waals surface area contributed by atoms with Crippen molar-refractivity contribution < 1.29 is 4.79 Å². The summed E-state index contributed by atoms with van der Waals surface area (Å²) in [6.07, 6.45) is 1.48. The van der Waals surface area contributed by atoms with E-state index in [0.29, 0.717) is 12.1 Å². The Labute approximate surface area is 63.7 Å². The zero-order chi connectivity index (χ0) is 7.84. The van der Waals surface area contributed by atoms with Crippen molar-refractivity contribution in [1.29, 1.82) is 0 Å². The van der Waals surface area contributed by atoms with Crippen molar-refractivity contribution in [3.8, 4) is 0 Å². The van der Waals surface area contributed by atoms with Crippen LogP contribution in [0.4, 0.5) is 0 Å². The lowest BCUT2D eigenvalue weighted by molar-refractivity contribution is 0.0965. The van der Waals surface area contributed by atoms with Crippen LogP contribution in [-0.2, 0) is 6.54 Å². The van der Waals surface area contributed by atoms with E-state index in [1.807, 2.05) is 6.92 Å². The molecule has 0 unspecified atom stereocenters. The Bertz CT molecular complexity index is 321. The lowest BCUT2D eigenvalue weighted by Gasteiger charge is -1.95. The summed E-state index contributed by atoms with van der Waals surface area (Å²) >= 11 is 0. The highest BCUT2D eigenvalue weighted by atomic mass is 16.1. The third kappa shape index (κ3) is 0.790. The minimum Gasteiger partial charge on any atom is -0.346 e. The summed E-state index contributed by atoms with van der Waals surface area (Å²) in [5.41, 5.74) is 2.21. The Morgan fingerprint density at radius 2 is 2.36 bits per heavy atom. The van der Waals surface area contributed by atoms with E-state index in [1.165, 1.54) is 6.33 Å². The van der Waals surface area contributed by atoms with Crippen LogP contribution in [-0.4, -0.2) is 15.9 Å². The summed E-state index contributed by atoms with van der Waals surface area (Å²) in [4.78, 5) is 19.0. The molecule has 1 amide bonds. The van der Waals surface area contributed by atoms with Gasteiger partial charge in [0.2, 0.25) is 0 Å². The summed E-state index contributed by atoms with van der Waals surface area (Å²) < 4.78 is 0. The van der Waals surface area contributed by atoms with E-state index in [2.05, 4.69) is 15.3 Å². The fourth-order valence-corrected chi connectivity index (χ4v) is 1.20. The largest absolute Gasteiger partial charge is 0.346 e. The summed E-state index contributed by atoms with van der Waals surface area (Å²) in [5, 5.41) is 2.68. The minimum atomic E-state index is -0.0573. The molecule has 0 atom stereocenters. The van der Waals surface area contributed by atoms with Gasteiger partial charge in [0, 0.05) is 0 Å². The topological polar surface area (TPSA) is 54.9 Å². The number of hydrogen-bond donors (Lipinski definition) is 1. The Hall–Kier alpha value is -1.45. The Kier molecular flexibility index (Phi) is 1.15. The van der Waals surface area contributed by atoms with Gasteiger partial charge in [-0.25, -0.2) is 9.97 Å². The van der Waals surface area contributed by atoms with Gasteiger partial charge in [-0.1, -0.05) is 0 Å². The standard InChI is InChI=1S/C7H7N3O/c1-4-6-5(10-3-9-4)2-8-7(6)11/h3H,2H2,1H3,(H,8,11). The van der Waals surface area contributed by atoms with Crippen LogP contribution < -0.4 is 5.32 Å². The highest BCUT2D eigenvalue weighted by Gasteiger charge is 2.22. The van der Waals surface area contributed by atoms with Crippen LogP contribution in [0.15, 0.2) is 6.33 Å². The maximum atomic E-state index is 11.1. The summed E-state index contributed by atoms with van der Waals surface area (Å²) in [6.45, 7) is 2.35. The number of fused-ring (bicyclic) bond motifs is 1. The molecule has 1 aliphatic rings. The first kappa shape index (κ1) is 6.27. The molecule has 56 valence electrons. The lowest BCUT2D eigenvalue weighted by atomic mass is 10.2. The number of aryl methyl sites for hydroxylation is 1. The highest BCUT2D eigenvalue weighted by Crippen LogP contribution is 2.13. The second-order valence-electron chi connectivity index (χ2n) is 2.46. The fourth-order valence-electron chi connectivity index (χ4n) is 1.20. The first-order valence-corrected chi connectivity index (χ1v) is 3.37. The first-order chi connectivity index (χ1) is 5.29. The van der Waals surface area contributed by atoms with Crippen LogP contribution in [0.25, 0.3) is 0 Å². The Morgan fingerprint density at radius 1 is 1.55 bits per heavy atom. The van der Waals surface area contributed by atoms with Crippen molar-refractivity contribution >= 4 is 5.91 Å². The summed E-state index contributed by atoms with van der Waals surface area (Å²) in [7, 11) is 0. The van der Waals surface area contributed by atoms with Gasteiger partial charge in [-0.15, -0.1) is 0 Å². The molecule has 0 fully saturated rings. The molecule has 11 heavy (non-hydrogen) atoms. The van der Waals surface area contributed by atoms with Gasteiger partial charge in [0.15, 0.2) is 0 Å². The van der Waals surface area contributed by atoms with Crippen molar-refractivity contribution in [3.63, 3.8) is 0 Å². The van der Waals surface area contributed by atoms with Crippen molar-refractivity contribution in [2.24, 2.45) is 0 Å². The van der Waals surface area contributed by atoms with E-state index in [1.54, 1.807) is 0 Å². The summed E-state index contributed by atoms with van der Waals surface area (Å²) in [6, 6.07) is 0. The number of amides is 1. The average molecular weight is 149 g/mol. The molecule has 1 N–H and O–H groups in total. The molecule has 0 spiro atoms. The SMILES string of the molecule is Cc1ncnc2c1C(=O)NC2. The molecule has 4 heteroatoms. The van der Waals surface area contributed by atoms with Crippen LogP contribution in [0.3, 0.4) is 0 Å². The molecule has 0 aliphatic carbocycles. The molecule has 0 aromatic carbocycles. The van der Waals surface area contributed by atoms with Crippen LogP contribution in [0.5, 0.6) is 0 Å². The minimum absolute atomic E-state index is 0.0573. The van der Waals surface area contributed by atoms with Gasteiger partial charge in [-0.2, -0.15) is 0 Å². The monoisotopic (exact) mass is 149 g/mol. The maximum absolute atomic E-state index is 11.1. The second kappa shape index (κ2) is 2.02. The molecule has 0 saturated heterocycles. The number of aromatic nitrogens is 2. The highest BCUT2D eigenvalue weighted by molar-refractivity contribution is 5.98. The Morgan fingerprint density at radius 3 is 3.09 bits per heavy atom.